The van der Waals surface area contributed by atoms with Crippen LogP contribution < -0.4 is 0 Å². The van der Waals surface area contributed by atoms with Crippen molar-refractivity contribution >= 4 is 24.1 Å². The SMILES string of the molecule is CC(=O)O.CCCCCCCCCCCC(=O)N=CC(=O)O.OCCN(CCO)CCO. The summed E-state index contributed by atoms with van der Waals surface area (Å²) in [6.45, 7) is 5.05. The summed E-state index contributed by atoms with van der Waals surface area (Å²) in [6, 6.07) is 0. The van der Waals surface area contributed by atoms with Crippen LogP contribution in [0.3, 0.4) is 0 Å². The minimum atomic E-state index is -1.17. The highest BCUT2D eigenvalue weighted by Crippen LogP contribution is 2.10. The van der Waals surface area contributed by atoms with Gasteiger partial charge in [0, 0.05) is 33.0 Å². The number of nitrogens with zero attached hydrogens (tertiary/aromatic N) is 2. The Hall–Kier alpha value is -1.88. The maximum atomic E-state index is 11.1. The van der Waals surface area contributed by atoms with Gasteiger partial charge in [-0.3, -0.25) is 14.5 Å². The van der Waals surface area contributed by atoms with Gasteiger partial charge in [-0.2, -0.15) is 0 Å². The lowest BCUT2D eigenvalue weighted by Crippen LogP contribution is -2.32. The van der Waals surface area contributed by atoms with Crippen molar-refractivity contribution in [2.75, 3.05) is 39.5 Å². The monoisotopic (exact) mass is 464 g/mol. The number of carboxylic acids is 2. The number of carbonyl (C=O) groups is 3. The second-order valence-electron chi connectivity index (χ2n) is 7.10. The maximum Gasteiger partial charge on any atom is 0.347 e. The Morgan fingerprint density at radius 3 is 1.47 bits per heavy atom. The molecule has 0 heterocycles. The molecule has 0 radical (unpaired) electrons. The molecule has 0 aromatic heterocycles. The zero-order valence-corrected chi connectivity index (χ0v) is 19.7. The van der Waals surface area contributed by atoms with E-state index in [1.807, 2.05) is 0 Å². The fraction of sp³-hybridized carbons (Fsp3) is 0.818. The van der Waals surface area contributed by atoms with Crippen LogP contribution in [0.2, 0.25) is 0 Å². The Morgan fingerprint density at radius 2 is 1.12 bits per heavy atom. The van der Waals surface area contributed by atoms with Gasteiger partial charge in [-0.15, -0.1) is 0 Å². The number of aliphatic hydroxyl groups is 3. The molecule has 0 aromatic rings. The first-order chi connectivity index (χ1) is 15.2. The van der Waals surface area contributed by atoms with E-state index in [-0.39, 0.29) is 25.7 Å². The predicted molar refractivity (Wildman–Crippen MR) is 124 cm³/mol. The van der Waals surface area contributed by atoms with Gasteiger partial charge in [0.05, 0.1) is 19.8 Å². The summed E-state index contributed by atoms with van der Waals surface area (Å²) in [6.07, 6.45) is 11.8. The van der Waals surface area contributed by atoms with Crippen molar-refractivity contribution in [1.82, 2.24) is 4.90 Å². The van der Waals surface area contributed by atoms with Crippen LogP contribution in [0.15, 0.2) is 4.99 Å². The van der Waals surface area contributed by atoms with Crippen LogP contribution in [0.25, 0.3) is 0 Å². The van der Waals surface area contributed by atoms with E-state index in [1.54, 1.807) is 4.90 Å². The molecular weight excluding hydrogens is 420 g/mol. The topological polar surface area (TPSA) is 168 Å². The number of aliphatic imine (C=N–C) groups is 1. The van der Waals surface area contributed by atoms with Gasteiger partial charge in [-0.25, -0.2) is 9.79 Å². The fourth-order valence-electron chi connectivity index (χ4n) is 2.54. The first-order valence-electron chi connectivity index (χ1n) is 11.3. The third-order valence-electron chi connectivity index (χ3n) is 4.06. The van der Waals surface area contributed by atoms with Gasteiger partial charge in [0.15, 0.2) is 0 Å². The molecular formula is C22H44N2O8. The van der Waals surface area contributed by atoms with Crippen molar-refractivity contribution in [1.29, 1.82) is 0 Å². The third-order valence-corrected chi connectivity index (χ3v) is 4.06. The Balaban J connectivity index is -0.000000502. The Bertz CT molecular complexity index is 455. The quantitative estimate of drug-likeness (QED) is 0.159. The molecule has 0 aliphatic rings. The largest absolute Gasteiger partial charge is 0.481 e. The number of aliphatic hydroxyl groups excluding tert-OH is 3. The summed E-state index contributed by atoms with van der Waals surface area (Å²) >= 11 is 0. The first kappa shape index (κ1) is 34.7. The minimum absolute atomic E-state index is 0.0694. The van der Waals surface area contributed by atoms with Crippen molar-refractivity contribution < 1.29 is 39.9 Å². The second kappa shape index (κ2) is 29.1. The van der Waals surface area contributed by atoms with E-state index in [9.17, 15) is 9.59 Å². The predicted octanol–water partition coefficient (Wildman–Crippen LogP) is 1.95. The molecule has 0 rings (SSSR count). The van der Waals surface area contributed by atoms with Crippen molar-refractivity contribution in [3.8, 4) is 0 Å². The van der Waals surface area contributed by atoms with Gasteiger partial charge in [0.1, 0.15) is 6.21 Å². The molecule has 0 spiro atoms. The number of hydrogen-bond acceptors (Lipinski definition) is 7. The molecule has 0 atom stereocenters. The molecule has 0 aliphatic carbocycles. The molecule has 5 N–H and O–H groups in total. The van der Waals surface area contributed by atoms with E-state index in [4.69, 9.17) is 30.3 Å². The average molecular weight is 465 g/mol. The van der Waals surface area contributed by atoms with E-state index in [2.05, 4.69) is 11.9 Å². The lowest BCUT2D eigenvalue weighted by Gasteiger charge is -2.17. The summed E-state index contributed by atoms with van der Waals surface area (Å²) in [5.41, 5.74) is 0. The molecule has 190 valence electrons. The average Bonchev–Trinajstić information content (AvgIpc) is 2.72. The van der Waals surface area contributed by atoms with Crippen LogP contribution in [-0.4, -0.2) is 93.9 Å². The molecule has 0 saturated carbocycles. The van der Waals surface area contributed by atoms with E-state index in [0.717, 1.165) is 26.2 Å². The molecule has 0 fully saturated rings. The van der Waals surface area contributed by atoms with Crippen LogP contribution in [-0.2, 0) is 14.4 Å². The molecule has 10 heteroatoms. The Morgan fingerprint density at radius 1 is 0.750 bits per heavy atom. The van der Waals surface area contributed by atoms with Crippen LogP contribution >= 0.6 is 0 Å². The van der Waals surface area contributed by atoms with Crippen molar-refractivity contribution in [3.05, 3.63) is 0 Å². The van der Waals surface area contributed by atoms with E-state index in [1.165, 1.54) is 38.5 Å². The van der Waals surface area contributed by atoms with Gasteiger partial charge in [0.2, 0.25) is 5.91 Å². The Kier molecular flexibility index (Phi) is 31.6. The van der Waals surface area contributed by atoms with Gasteiger partial charge in [-0.05, 0) is 6.42 Å². The van der Waals surface area contributed by atoms with Gasteiger partial charge in [0.25, 0.3) is 5.97 Å². The summed E-state index contributed by atoms with van der Waals surface area (Å²) in [7, 11) is 0. The number of carboxylic acid groups (broad SMARTS) is 2. The van der Waals surface area contributed by atoms with Crippen molar-refractivity contribution in [2.45, 2.75) is 78.1 Å². The van der Waals surface area contributed by atoms with Crippen molar-refractivity contribution in [3.63, 3.8) is 0 Å². The van der Waals surface area contributed by atoms with Crippen LogP contribution in [0.4, 0.5) is 0 Å². The van der Waals surface area contributed by atoms with Crippen molar-refractivity contribution in [2.24, 2.45) is 4.99 Å². The van der Waals surface area contributed by atoms with Crippen LogP contribution in [0, 0.1) is 0 Å². The number of rotatable bonds is 17. The zero-order valence-electron chi connectivity index (χ0n) is 19.7. The fourth-order valence-corrected chi connectivity index (χ4v) is 2.54. The summed E-state index contributed by atoms with van der Waals surface area (Å²) in [5, 5.41) is 41.2. The second-order valence-corrected chi connectivity index (χ2v) is 7.10. The summed E-state index contributed by atoms with van der Waals surface area (Å²) in [5.74, 6) is -2.34. The summed E-state index contributed by atoms with van der Waals surface area (Å²) < 4.78 is 0. The third kappa shape index (κ3) is 38.7. The smallest absolute Gasteiger partial charge is 0.347 e. The lowest BCUT2D eigenvalue weighted by atomic mass is 10.1. The molecule has 0 saturated heterocycles. The van der Waals surface area contributed by atoms with Gasteiger partial charge < -0.3 is 25.5 Å². The zero-order chi connectivity index (χ0) is 25.0. The number of aliphatic carboxylic acids is 2. The highest BCUT2D eigenvalue weighted by Gasteiger charge is 2.00. The maximum absolute atomic E-state index is 11.1. The number of unbranched alkanes of at least 4 members (excludes halogenated alkanes) is 8. The molecule has 0 bridgehead atoms. The standard InChI is InChI=1S/C14H25NO3.C6H15NO3.C2H4O2/c1-2-3-4-5-6-7-8-9-10-11-13(16)15-12-14(17)18;8-4-1-7(2-5-9)3-6-10;1-2(3)4/h12H,2-11H2,1H3,(H,17,18);8-10H,1-6H2;1H3,(H,3,4). The molecule has 0 aliphatic heterocycles. The molecule has 0 aromatic carbocycles. The van der Waals surface area contributed by atoms with E-state index < -0.39 is 11.9 Å². The van der Waals surface area contributed by atoms with Gasteiger partial charge >= 0.3 is 5.97 Å². The van der Waals surface area contributed by atoms with Crippen LogP contribution in [0.5, 0.6) is 0 Å². The minimum Gasteiger partial charge on any atom is -0.481 e. The van der Waals surface area contributed by atoms with Crippen LogP contribution in [0.1, 0.15) is 78.1 Å². The number of carbonyl (C=O) groups excluding carboxylic acids is 1. The molecule has 32 heavy (non-hydrogen) atoms. The van der Waals surface area contributed by atoms with E-state index >= 15 is 0 Å². The Labute approximate surface area is 192 Å². The lowest BCUT2D eigenvalue weighted by molar-refractivity contribution is -0.134. The number of amides is 1. The highest BCUT2D eigenvalue weighted by molar-refractivity contribution is 6.24. The first-order valence-corrected chi connectivity index (χ1v) is 11.3. The molecule has 1 amide bonds. The highest BCUT2D eigenvalue weighted by atomic mass is 16.4. The normalized spacial score (nSPS) is 10.3. The molecule has 10 nitrogen and oxygen atoms in total. The van der Waals surface area contributed by atoms with Gasteiger partial charge in [-0.1, -0.05) is 58.3 Å². The molecule has 0 unspecified atom stereocenters. The van der Waals surface area contributed by atoms with E-state index in [0.29, 0.717) is 32.3 Å². The number of hydrogen-bond donors (Lipinski definition) is 5. The summed E-state index contributed by atoms with van der Waals surface area (Å²) in [4.78, 5) is 35.3.